The lowest BCUT2D eigenvalue weighted by atomic mass is 9.95. The van der Waals surface area contributed by atoms with Crippen molar-refractivity contribution in [2.45, 2.75) is 32.6 Å². The van der Waals surface area contributed by atoms with Gasteiger partial charge in [-0.1, -0.05) is 48.0 Å². The van der Waals surface area contributed by atoms with E-state index in [1.807, 2.05) is 31.2 Å². The van der Waals surface area contributed by atoms with Gasteiger partial charge in [-0.2, -0.15) is 0 Å². The molecule has 2 aromatic carbocycles. The second-order valence-electron chi connectivity index (χ2n) is 9.55. The largest absolute Gasteiger partial charge is 0.364 e. The molecule has 1 fully saturated rings. The molecule has 0 bridgehead atoms. The molecular formula is C29H30FN5O2. The molecule has 0 aliphatic carbocycles. The van der Waals surface area contributed by atoms with E-state index in [0.29, 0.717) is 17.6 Å². The summed E-state index contributed by atoms with van der Waals surface area (Å²) in [5, 5.41) is 0. The number of H-pyrrole nitrogens is 1. The molecule has 3 N–H and O–H groups in total. The molecule has 0 saturated carbocycles. The number of benzene rings is 2. The van der Waals surface area contributed by atoms with E-state index in [4.69, 9.17) is 5.73 Å². The highest BCUT2D eigenvalue weighted by Gasteiger charge is 2.18. The van der Waals surface area contributed by atoms with Crippen LogP contribution in [0.25, 0.3) is 22.9 Å². The van der Waals surface area contributed by atoms with Crippen molar-refractivity contribution >= 4 is 17.6 Å². The monoisotopic (exact) mass is 499 g/mol. The summed E-state index contributed by atoms with van der Waals surface area (Å²) >= 11 is 0. The minimum absolute atomic E-state index is 0.0733. The number of nitrogens with one attached hydrogen (secondary N) is 1. The van der Waals surface area contributed by atoms with Crippen LogP contribution in [0.1, 0.15) is 46.6 Å². The summed E-state index contributed by atoms with van der Waals surface area (Å²) in [4.78, 5) is 34.0. The van der Waals surface area contributed by atoms with Crippen LogP contribution >= 0.6 is 0 Å². The van der Waals surface area contributed by atoms with Crippen molar-refractivity contribution in [1.29, 1.82) is 0 Å². The molecule has 7 nitrogen and oxygen atoms in total. The lowest BCUT2D eigenvalue weighted by molar-refractivity contribution is 0.0997. The van der Waals surface area contributed by atoms with Crippen molar-refractivity contribution in [3.63, 3.8) is 0 Å². The van der Waals surface area contributed by atoms with E-state index in [2.05, 4.69) is 33.1 Å². The number of carbonyl (C=O) groups is 1. The fourth-order valence-electron chi connectivity index (χ4n) is 5.08. The minimum Gasteiger partial charge on any atom is -0.364 e. The number of aromatic amines is 1. The number of aromatic nitrogens is 3. The third-order valence-electron chi connectivity index (χ3n) is 7.11. The summed E-state index contributed by atoms with van der Waals surface area (Å²) in [6.45, 7) is 4.70. The first kappa shape index (κ1) is 24.6. The molecule has 4 aromatic rings. The molecule has 3 heterocycles. The van der Waals surface area contributed by atoms with Gasteiger partial charge in [-0.15, -0.1) is 0 Å². The van der Waals surface area contributed by atoms with E-state index < -0.39 is 5.91 Å². The Labute approximate surface area is 214 Å². The molecular weight excluding hydrogens is 469 g/mol. The van der Waals surface area contributed by atoms with E-state index in [-0.39, 0.29) is 17.1 Å². The van der Waals surface area contributed by atoms with Gasteiger partial charge in [-0.05, 0) is 68.0 Å². The number of aryl methyl sites for hydroxylation is 1. The first-order valence-electron chi connectivity index (χ1n) is 12.6. The summed E-state index contributed by atoms with van der Waals surface area (Å²) in [6, 6.07) is 14.9. The van der Waals surface area contributed by atoms with E-state index >= 15 is 0 Å². The summed E-state index contributed by atoms with van der Waals surface area (Å²) < 4.78 is 14.7. The molecule has 1 saturated heterocycles. The zero-order chi connectivity index (χ0) is 25.9. The molecule has 0 unspecified atom stereocenters. The lowest BCUT2D eigenvalue weighted by Crippen LogP contribution is -2.32. The van der Waals surface area contributed by atoms with Crippen LogP contribution in [0.4, 0.5) is 4.39 Å². The SMILES string of the molecule is Cc1[nH]c2c(C(N)=O)ncn2c(=O)c1CCCN1CCC(=Cc2ccccc2-c2ccc(F)cc2)CC1. The second kappa shape index (κ2) is 10.5. The van der Waals surface area contributed by atoms with Crippen molar-refractivity contribution < 1.29 is 9.18 Å². The van der Waals surface area contributed by atoms with Gasteiger partial charge in [0.15, 0.2) is 11.3 Å². The van der Waals surface area contributed by atoms with Gasteiger partial charge in [0.2, 0.25) is 0 Å². The van der Waals surface area contributed by atoms with Crippen LogP contribution in [-0.4, -0.2) is 44.8 Å². The van der Waals surface area contributed by atoms with Gasteiger partial charge in [0.05, 0.1) is 0 Å². The van der Waals surface area contributed by atoms with Crippen molar-refractivity contribution in [2.24, 2.45) is 5.73 Å². The van der Waals surface area contributed by atoms with Crippen LogP contribution in [0.2, 0.25) is 0 Å². The standard InChI is InChI=1S/C29H30FN5O2/c1-19-24(29(37)35-18-32-26(27(31)36)28(35)33-19)7-4-14-34-15-12-20(13-16-34)17-22-5-2-3-6-25(22)21-8-10-23(30)11-9-21/h2-3,5-6,8-11,17-18,33H,4,7,12-16H2,1H3,(H2,31,36). The maximum atomic E-state index is 13.4. The fraction of sp³-hybridized carbons (Fsp3) is 0.276. The average Bonchev–Trinajstić information content (AvgIpc) is 3.32. The van der Waals surface area contributed by atoms with E-state index in [1.54, 1.807) is 0 Å². The van der Waals surface area contributed by atoms with Crippen molar-refractivity contribution in [1.82, 2.24) is 19.3 Å². The lowest BCUT2D eigenvalue weighted by Gasteiger charge is -2.28. The van der Waals surface area contributed by atoms with Gasteiger partial charge in [0, 0.05) is 24.3 Å². The Balaban J connectivity index is 1.20. The number of carbonyl (C=O) groups excluding carboxylic acids is 1. The highest BCUT2D eigenvalue weighted by Crippen LogP contribution is 2.28. The van der Waals surface area contributed by atoms with Gasteiger partial charge < -0.3 is 15.6 Å². The molecule has 37 heavy (non-hydrogen) atoms. The molecule has 0 atom stereocenters. The third kappa shape index (κ3) is 5.24. The number of primary amides is 1. The zero-order valence-electron chi connectivity index (χ0n) is 20.8. The molecule has 5 rings (SSSR count). The van der Waals surface area contributed by atoms with Gasteiger partial charge in [0.1, 0.15) is 12.1 Å². The second-order valence-corrected chi connectivity index (χ2v) is 9.55. The first-order chi connectivity index (χ1) is 17.9. The van der Waals surface area contributed by atoms with Gasteiger partial charge >= 0.3 is 0 Å². The Morgan fingerprint density at radius 2 is 1.86 bits per heavy atom. The molecule has 0 radical (unpaired) electrons. The zero-order valence-corrected chi connectivity index (χ0v) is 20.8. The molecule has 0 spiro atoms. The van der Waals surface area contributed by atoms with Crippen LogP contribution in [-0.2, 0) is 6.42 Å². The Hall–Kier alpha value is -4.04. The van der Waals surface area contributed by atoms with Crippen LogP contribution in [0.5, 0.6) is 0 Å². The Bertz CT molecular complexity index is 1520. The van der Waals surface area contributed by atoms with Crippen LogP contribution in [0.15, 0.2) is 65.2 Å². The number of rotatable bonds is 7. The highest BCUT2D eigenvalue weighted by atomic mass is 19.1. The number of halogens is 1. The number of nitrogens with two attached hydrogens (primary N) is 1. The number of hydrogen-bond acceptors (Lipinski definition) is 4. The smallest absolute Gasteiger partial charge is 0.271 e. The molecule has 2 aromatic heterocycles. The van der Waals surface area contributed by atoms with E-state index in [0.717, 1.165) is 61.3 Å². The number of likely N-dealkylation sites (tertiary alicyclic amines) is 1. The molecule has 190 valence electrons. The maximum absolute atomic E-state index is 13.4. The minimum atomic E-state index is -0.664. The number of piperidine rings is 1. The predicted octanol–water partition coefficient (Wildman–Crippen LogP) is 4.35. The third-order valence-corrected chi connectivity index (χ3v) is 7.11. The molecule has 8 heteroatoms. The normalized spacial score (nSPS) is 14.3. The topological polar surface area (TPSA) is 96.5 Å². The fourth-order valence-corrected chi connectivity index (χ4v) is 5.08. The quantitative estimate of drug-likeness (QED) is 0.395. The Kier molecular flexibility index (Phi) is 7.01. The maximum Gasteiger partial charge on any atom is 0.271 e. The van der Waals surface area contributed by atoms with Gasteiger partial charge in [-0.25, -0.2) is 9.37 Å². The summed E-state index contributed by atoms with van der Waals surface area (Å²) in [5.74, 6) is -0.894. The summed E-state index contributed by atoms with van der Waals surface area (Å²) in [6.07, 6.45) is 7.12. The number of hydrogen-bond donors (Lipinski definition) is 2. The van der Waals surface area contributed by atoms with Crippen LogP contribution < -0.4 is 11.3 Å². The number of fused-ring (bicyclic) bond motifs is 1. The predicted molar refractivity (Wildman–Crippen MR) is 143 cm³/mol. The average molecular weight is 500 g/mol. The summed E-state index contributed by atoms with van der Waals surface area (Å²) in [7, 11) is 0. The van der Waals surface area contributed by atoms with E-state index in [1.165, 1.54) is 28.4 Å². The highest BCUT2D eigenvalue weighted by molar-refractivity contribution is 5.96. The van der Waals surface area contributed by atoms with Crippen molar-refractivity contribution in [2.75, 3.05) is 19.6 Å². The number of amides is 1. The van der Waals surface area contributed by atoms with Gasteiger partial charge in [0.25, 0.3) is 11.5 Å². The van der Waals surface area contributed by atoms with E-state index in [9.17, 15) is 14.0 Å². The van der Waals surface area contributed by atoms with Crippen LogP contribution in [0, 0.1) is 12.7 Å². The molecule has 1 aliphatic rings. The van der Waals surface area contributed by atoms with Crippen LogP contribution in [0.3, 0.4) is 0 Å². The Morgan fingerprint density at radius 3 is 2.59 bits per heavy atom. The molecule has 1 aliphatic heterocycles. The number of imidazole rings is 1. The molecule has 1 amide bonds. The van der Waals surface area contributed by atoms with Crippen molar-refractivity contribution in [3.05, 3.63) is 99.1 Å². The van der Waals surface area contributed by atoms with Crippen molar-refractivity contribution in [3.8, 4) is 11.1 Å². The Morgan fingerprint density at radius 1 is 1.14 bits per heavy atom. The first-order valence-corrected chi connectivity index (χ1v) is 12.6. The summed E-state index contributed by atoms with van der Waals surface area (Å²) in [5.41, 5.74) is 11.7. The van der Waals surface area contributed by atoms with Gasteiger partial charge in [-0.3, -0.25) is 14.0 Å². The number of nitrogens with zero attached hydrogens (tertiary/aromatic N) is 3.